The summed E-state index contributed by atoms with van der Waals surface area (Å²) in [5.74, 6) is -1.53. The number of allylic oxidation sites excluding steroid dienone is 12. The molecule has 0 radical (unpaired) electrons. The monoisotopic (exact) mass is 1090 g/mol. The highest BCUT2D eigenvalue weighted by Gasteiger charge is 2.28. The molecule has 0 aromatic carbocycles. The van der Waals surface area contributed by atoms with Crippen LogP contribution in [0.15, 0.2) is 72.9 Å². The lowest BCUT2D eigenvalue weighted by atomic mass is 10.0. The minimum Gasteiger partial charge on any atom is -0.462 e. The first-order chi connectivity index (χ1) is 37.2. The third-order valence-corrected chi connectivity index (χ3v) is 14.1. The molecule has 0 bridgehead atoms. The van der Waals surface area contributed by atoms with Crippen molar-refractivity contribution in [3.63, 3.8) is 0 Å². The summed E-state index contributed by atoms with van der Waals surface area (Å²) in [6, 6.07) is 0. The van der Waals surface area contributed by atoms with E-state index in [4.69, 9.17) is 23.3 Å². The normalized spacial score (nSPS) is 13.8. The maximum Gasteiger partial charge on any atom is 0.472 e. The van der Waals surface area contributed by atoms with E-state index in [0.717, 1.165) is 77.0 Å². The van der Waals surface area contributed by atoms with E-state index in [2.05, 4.69) is 87.6 Å². The van der Waals surface area contributed by atoms with Crippen LogP contribution in [0.5, 0.6) is 0 Å². The third kappa shape index (κ3) is 55.7. The van der Waals surface area contributed by atoms with Crippen LogP contribution in [-0.4, -0.2) is 66.5 Å². The molecule has 3 atom stereocenters. The number of aliphatic hydroxyl groups excluding tert-OH is 1. The molecule has 0 spiro atoms. The number of carbonyl (C=O) groups excluding carboxylic acids is 3. The first-order valence-electron chi connectivity index (χ1n) is 30.8. The molecular weight excluding hydrogens is 976 g/mol. The van der Waals surface area contributed by atoms with Gasteiger partial charge in [-0.05, 0) is 83.5 Å². The van der Waals surface area contributed by atoms with Crippen molar-refractivity contribution in [1.82, 2.24) is 0 Å². The van der Waals surface area contributed by atoms with Gasteiger partial charge in [0.1, 0.15) is 12.7 Å². The minimum atomic E-state index is -4.77. The fourth-order valence-electron chi connectivity index (χ4n) is 8.45. The van der Waals surface area contributed by atoms with Crippen molar-refractivity contribution in [3.8, 4) is 0 Å². The summed E-state index contributed by atoms with van der Waals surface area (Å²) in [5, 5.41) is 9.83. The van der Waals surface area contributed by atoms with E-state index in [0.29, 0.717) is 25.7 Å². The maximum absolute atomic E-state index is 12.9. The molecule has 0 heterocycles. The summed E-state index contributed by atoms with van der Waals surface area (Å²) in [7, 11) is -4.77. The molecule has 76 heavy (non-hydrogen) atoms. The van der Waals surface area contributed by atoms with Crippen LogP contribution >= 0.6 is 7.82 Å². The summed E-state index contributed by atoms with van der Waals surface area (Å²) < 4.78 is 39.6. The lowest BCUT2D eigenvalue weighted by molar-refractivity contribution is -0.161. The number of hydrogen-bond donors (Lipinski definition) is 2. The van der Waals surface area contributed by atoms with Crippen LogP contribution in [0.1, 0.15) is 278 Å². The van der Waals surface area contributed by atoms with Gasteiger partial charge in [0.15, 0.2) is 6.10 Å². The first-order valence-corrected chi connectivity index (χ1v) is 32.3. The Balaban J connectivity index is 4.78. The third-order valence-electron chi connectivity index (χ3n) is 13.1. The van der Waals surface area contributed by atoms with Crippen molar-refractivity contribution in [1.29, 1.82) is 0 Å². The van der Waals surface area contributed by atoms with Crippen LogP contribution < -0.4 is 0 Å². The van der Waals surface area contributed by atoms with Crippen LogP contribution in [0.3, 0.4) is 0 Å². The molecule has 0 fully saturated rings. The summed E-state index contributed by atoms with van der Waals surface area (Å²) in [6.07, 6.45) is 65.8. The van der Waals surface area contributed by atoms with Crippen molar-refractivity contribution in [2.45, 2.75) is 290 Å². The summed E-state index contributed by atoms with van der Waals surface area (Å²) in [6.45, 7) is 4.50. The molecule has 0 aromatic rings. The zero-order chi connectivity index (χ0) is 55.5. The number of esters is 3. The first kappa shape index (κ1) is 72.9. The van der Waals surface area contributed by atoms with Gasteiger partial charge in [-0.3, -0.25) is 23.4 Å². The molecule has 0 aliphatic carbocycles. The zero-order valence-corrected chi connectivity index (χ0v) is 49.6. The van der Waals surface area contributed by atoms with Gasteiger partial charge < -0.3 is 24.2 Å². The summed E-state index contributed by atoms with van der Waals surface area (Å²) in [5.41, 5.74) is 0. The Hall–Kier alpha value is -3.08. The molecule has 2 N–H and O–H groups in total. The fourth-order valence-corrected chi connectivity index (χ4v) is 9.23. The maximum atomic E-state index is 12.9. The number of ether oxygens (including phenoxy) is 3. The molecule has 0 aliphatic rings. The highest BCUT2D eigenvalue weighted by molar-refractivity contribution is 7.47. The summed E-state index contributed by atoms with van der Waals surface area (Å²) >= 11 is 0. The zero-order valence-electron chi connectivity index (χ0n) is 48.7. The lowest BCUT2D eigenvalue weighted by Crippen LogP contribution is -2.30. The largest absolute Gasteiger partial charge is 0.472 e. The van der Waals surface area contributed by atoms with Gasteiger partial charge >= 0.3 is 25.7 Å². The van der Waals surface area contributed by atoms with E-state index >= 15 is 0 Å². The Morgan fingerprint density at radius 3 is 1.12 bits per heavy atom. The van der Waals surface area contributed by atoms with Gasteiger partial charge in [-0.1, -0.05) is 248 Å². The van der Waals surface area contributed by atoms with Crippen molar-refractivity contribution in [3.05, 3.63) is 72.9 Å². The number of unbranched alkanes of at least 4 members (excludes halogenated alkanes) is 28. The second kappa shape index (κ2) is 58.1. The number of aliphatic hydroxyl groups is 1. The van der Waals surface area contributed by atoms with Gasteiger partial charge in [0.2, 0.25) is 0 Å². The Morgan fingerprint density at radius 1 is 0.382 bits per heavy atom. The predicted molar refractivity (Wildman–Crippen MR) is 316 cm³/mol. The van der Waals surface area contributed by atoms with Gasteiger partial charge in [-0.2, -0.15) is 0 Å². The quantitative estimate of drug-likeness (QED) is 0.0197. The molecule has 0 aliphatic heterocycles. The number of carbonyl (C=O) groups is 3. The Morgan fingerprint density at radius 2 is 0.697 bits per heavy atom. The van der Waals surface area contributed by atoms with Gasteiger partial charge in [0.25, 0.3) is 0 Å². The fraction of sp³-hybridized carbons (Fsp3) is 0.766. The average molecular weight is 1090 g/mol. The van der Waals surface area contributed by atoms with E-state index < -0.39 is 57.8 Å². The molecule has 0 saturated carbocycles. The topological polar surface area (TPSA) is 155 Å². The van der Waals surface area contributed by atoms with Crippen molar-refractivity contribution < 1.29 is 52.2 Å². The number of hydrogen-bond acceptors (Lipinski definition) is 10. The minimum absolute atomic E-state index is 0.0882. The molecule has 12 heteroatoms. The van der Waals surface area contributed by atoms with Gasteiger partial charge in [0.05, 0.1) is 19.8 Å². The van der Waals surface area contributed by atoms with Gasteiger partial charge in [-0.15, -0.1) is 0 Å². The number of phosphoric ester groups is 1. The van der Waals surface area contributed by atoms with E-state index in [-0.39, 0.29) is 25.9 Å². The Kier molecular flexibility index (Phi) is 55.7. The van der Waals surface area contributed by atoms with Crippen molar-refractivity contribution in [2.24, 2.45) is 0 Å². The highest BCUT2D eigenvalue weighted by atomic mass is 31.2. The smallest absolute Gasteiger partial charge is 0.462 e. The molecule has 3 unspecified atom stereocenters. The molecule has 11 nitrogen and oxygen atoms in total. The number of phosphoric acid groups is 1. The molecule has 0 saturated heterocycles. The van der Waals surface area contributed by atoms with Crippen molar-refractivity contribution >= 4 is 25.7 Å². The van der Waals surface area contributed by atoms with E-state index in [1.807, 2.05) is 6.08 Å². The second-order valence-electron chi connectivity index (χ2n) is 20.5. The second-order valence-corrected chi connectivity index (χ2v) is 21.9. The Bertz CT molecular complexity index is 1550. The van der Waals surface area contributed by atoms with Crippen LogP contribution in [0.25, 0.3) is 0 Å². The van der Waals surface area contributed by atoms with Crippen molar-refractivity contribution in [2.75, 3.05) is 26.4 Å². The van der Waals surface area contributed by atoms with E-state index in [1.54, 1.807) is 0 Å². The predicted octanol–water partition coefficient (Wildman–Crippen LogP) is 18.5. The van der Waals surface area contributed by atoms with Crippen LogP contribution in [-0.2, 0) is 42.2 Å². The van der Waals surface area contributed by atoms with E-state index in [1.165, 1.54) is 135 Å². The van der Waals surface area contributed by atoms with E-state index in [9.17, 15) is 28.9 Å². The lowest BCUT2D eigenvalue weighted by Gasteiger charge is -2.21. The molecule has 0 aromatic heterocycles. The van der Waals surface area contributed by atoms with Crippen LogP contribution in [0.2, 0.25) is 0 Å². The average Bonchev–Trinajstić information content (AvgIpc) is 3.41. The molecule has 440 valence electrons. The summed E-state index contributed by atoms with van der Waals surface area (Å²) in [4.78, 5) is 48.6. The standard InChI is InChI=1S/C64H113O11P/c1-4-7-10-13-16-19-22-25-28-30-33-35-38-41-44-47-50-53-62(66)71-57-61(75-64(68)55-52-49-46-43-40-37-34-31-29-26-23-20-17-14-11-8-5-2)59-73-76(69,70)72-58-60(56-65)74-63(67)54-51-48-45-42-39-36-32-27-24-21-18-15-12-9-6-3/h8,11,17,20,25-26,28-29,34,37,43,46,60-61,65H,4-7,9-10,12-16,18-19,21-24,27,30-33,35-36,38-42,44-45,47-59H2,1-3H3,(H,69,70)/b11-8-,20-17-,28-25-,29-26-,37-34-,46-43-. The SMILES string of the molecule is CC/C=C\C/C=C\C/C=C\C/C=C\C/C=C\CCCC(=O)OC(COC(=O)CCCCCCCCC/C=C\CCCCCCCC)COP(=O)(O)OCC(CO)OC(=O)CCCCCCCCCCCCCCCCC. The molecular formula is C64H113O11P. The highest BCUT2D eigenvalue weighted by Crippen LogP contribution is 2.43. The van der Waals surface area contributed by atoms with Gasteiger partial charge in [-0.25, -0.2) is 4.57 Å². The van der Waals surface area contributed by atoms with Gasteiger partial charge in [0, 0.05) is 19.3 Å². The molecule has 0 rings (SSSR count). The van der Waals surface area contributed by atoms with Crippen LogP contribution in [0, 0.1) is 0 Å². The van der Waals surface area contributed by atoms with Crippen LogP contribution in [0.4, 0.5) is 0 Å². The molecule has 0 amide bonds. The number of rotatable bonds is 57. The Labute approximate surface area is 465 Å².